The van der Waals surface area contributed by atoms with Crippen LogP contribution in [0.2, 0.25) is 5.02 Å². The second kappa shape index (κ2) is 11.1. The fraction of sp³-hybridized carbons (Fsp3) is 0.346. The first kappa shape index (κ1) is 26.7. The first-order valence-electron chi connectivity index (χ1n) is 12.3. The largest absolute Gasteiger partial charge is 0.383 e. The van der Waals surface area contributed by atoms with Gasteiger partial charge in [-0.25, -0.2) is 28.5 Å². The van der Waals surface area contributed by atoms with Crippen LogP contribution < -0.4 is 15.5 Å². The number of benzene rings is 1. The van der Waals surface area contributed by atoms with E-state index in [2.05, 4.69) is 25.6 Å². The molecule has 0 aliphatic carbocycles. The van der Waals surface area contributed by atoms with Crippen molar-refractivity contribution in [1.82, 2.24) is 25.2 Å². The molecule has 1 aromatic carbocycles. The first-order chi connectivity index (χ1) is 18.8. The molecule has 39 heavy (non-hydrogen) atoms. The van der Waals surface area contributed by atoms with Crippen molar-refractivity contribution < 1.29 is 23.1 Å². The number of rotatable bonds is 7. The lowest BCUT2D eigenvalue weighted by Crippen LogP contribution is -2.60. The molecule has 1 saturated heterocycles. The number of fused-ring (bicyclic) bond motifs is 1. The molecule has 0 unspecified atom stereocenters. The van der Waals surface area contributed by atoms with Gasteiger partial charge in [-0.2, -0.15) is 0 Å². The minimum Gasteiger partial charge on any atom is -0.383 e. The van der Waals surface area contributed by atoms with Crippen LogP contribution in [-0.4, -0.2) is 77.2 Å². The highest BCUT2D eigenvalue weighted by molar-refractivity contribution is 6.30. The lowest BCUT2D eigenvalue weighted by atomic mass is 9.88. The molecule has 0 spiro atoms. The number of ether oxygens (including phenoxy) is 1. The molecule has 5 rings (SSSR count). The summed E-state index contributed by atoms with van der Waals surface area (Å²) in [5.41, 5.74) is 0.593. The predicted molar refractivity (Wildman–Crippen MR) is 140 cm³/mol. The Morgan fingerprint density at radius 1 is 1.21 bits per heavy atom. The van der Waals surface area contributed by atoms with Crippen molar-refractivity contribution in [3.63, 3.8) is 0 Å². The topological polar surface area (TPSA) is 113 Å². The number of amides is 3. The third-order valence-electron chi connectivity index (χ3n) is 6.63. The molecular formula is C26H26ClF2N7O3. The number of carbonyl (C=O) groups is 2. The Kier molecular flexibility index (Phi) is 7.58. The summed E-state index contributed by atoms with van der Waals surface area (Å²) in [6.07, 6.45) is 2.71. The van der Waals surface area contributed by atoms with Crippen LogP contribution in [0.3, 0.4) is 0 Å². The van der Waals surface area contributed by atoms with Gasteiger partial charge in [0.25, 0.3) is 5.91 Å². The molecule has 0 saturated carbocycles. The zero-order valence-corrected chi connectivity index (χ0v) is 22.0. The van der Waals surface area contributed by atoms with E-state index in [0.29, 0.717) is 19.7 Å². The summed E-state index contributed by atoms with van der Waals surface area (Å²) < 4.78 is 34.8. The minimum atomic E-state index is -0.771. The molecule has 10 nitrogen and oxygen atoms in total. The summed E-state index contributed by atoms with van der Waals surface area (Å²) in [5.74, 6) is -2.60. The number of urea groups is 1. The van der Waals surface area contributed by atoms with Crippen molar-refractivity contribution in [2.75, 3.05) is 43.6 Å². The van der Waals surface area contributed by atoms with Gasteiger partial charge in [0.05, 0.1) is 35.0 Å². The van der Waals surface area contributed by atoms with Crippen molar-refractivity contribution in [2.45, 2.75) is 24.9 Å². The number of pyridine rings is 1. The quantitative estimate of drug-likeness (QED) is 0.457. The molecule has 2 aliphatic rings. The van der Waals surface area contributed by atoms with Crippen molar-refractivity contribution in [1.29, 1.82) is 0 Å². The van der Waals surface area contributed by atoms with E-state index in [9.17, 15) is 14.0 Å². The molecule has 13 heteroatoms. The number of aromatic nitrogens is 3. The zero-order chi connectivity index (χ0) is 27.7. The van der Waals surface area contributed by atoms with E-state index in [-0.39, 0.29) is 58.3 Å². The van der Waals surface area contributed by atoms with Gasteiger partial charge < -0.3 is 20.3 Å². The normalized spacial score (nSPS) is 17.9. The van der Waals surface area contributed by atoms with Gasteiger partial charge in [0.15, 0.2) is 11.6 Å². The maximum Gasteiger partial charge on any atom is 0.317 e. The van der Waals surface area contributed by atoms with Crippen LogP contribution in [0.1, 0.15) is 34.5 Å². The summed E-state index contributed by atoms with van der Waals surface area (Å²) >= 11 is 6.06. The van der Waals surface area contributed by atoms with Gasteiger partial charge in [-0.05, 0) is 25.1 Å². The number of nitrogens with zero attached hydrogens (tertiary/aromatic N) is 5. The number of likely N-dealkylation sites (tertiary alicyclic amines) is 1. The standard InChI is InChI=1S/C26H26ClF2N7O3/c1-14(13-39-2)32-26(38)35-10-15(11-35)33-25-31-9-17-22(34-25)18(16-5-3-6-19(27)21(16)29)12-36(24(17)37)23-20(28)7-4-8-30-23/h3-9,14-15,18H,10-13H2,1-2H3,(H,32,38)(H,31,33,34)/t14-,18-/m0/s1. The Morgan fingerprint density at radius 3 is 2.74 bits per heavy atom. The number of methoxy groups -OCH3 is 1. The maximum atomic E-state index is 15.2. The average Bonchev–Trinajstić information content (AvgIpc) is 2.88. The number of nitrogens with one attached hydrogen (secondary N) is 2. The monoisotopic (exact) mass is 557 g/mol. The number of anilines is 2. The lowest BCUT2D eigenvalue weighted by Gasteiger charge is -2.40. The van der Waals surface area contributed by atoms with Crippen LogP contribution in [0.4, 0.5) is 25.3 Å². The van der Waals surface area contributed by atoms with Crippen molar-refractivity contribution in [2.24, 2.45) is 0 Å². The van der Waals surface area contributed by atoms with Crippen molar-refractivity contribution in [3.8, 4) is 0 Å². The fourth-order valence-corrected chi connectivity index (χ4v) is 4.88. The molecule has 2 N–H and O–H groups in total. The van der Waals surface area contributed by atoms with Crippen molar-refractivity contribution >= 4 is 35.3 Å². The fourth-order valence-electron chi connectivity index (χ4n) is 4.70. The zero-order valence-electron chi connectivity index (χ0n) is 21.2. The number of halogens is 3. The molecule has 2 aliphatic heterocycles. The minimum absolute atomic E-state index is 0.0819. The van der Waals surface area contributed by atoms with E-state index in [0.717, 1.165) is 4.90 Å². The lowest BCUT2D eigenvalue weighted by molar-refractivity contribution is 0.0974. The molecule has 0 bridgehead atoms. The van der Waals surface area contributed by atoms with Gasteiger partial charge in [0.1, 0.15) is 5.82 Å². The molecule has 3 amide bonds. The van der Waals surface area contributed by atoms with Gasteiger partial charge in [0, 0.05) is 50.6 Å². The molecular weight excluding hydrogens is 532 g/mol. The number of hydrogen-bond donors (Lipinski definition) is 2. The Balaban J connectivity index is 1.40. The van der Waals surface area contributed by atoms with Crippen LogP contribution in [0, 0.1) is 11.6 Å². The summed E-state index contributed by atoms with van der Waals surface area (Å²) in [7, 11) is 1.57. The summed E-state index contributed by atoms with van der Waals surface area (Å²) in [4.78, 5) is 41.4. The van der Waals surface area contributed by atoms with E-state index < -0.39 is 23.5 Å². The molecule has 2 aromatic heterocycles. The molecule has 4 heterocycles. The molecule has 3 aromatic rings. The van der Waals surface area contributed by atoms with E-state index in [1.54, 1.807) is 24.1 Å². The summed E-state index contributed by atoms with van der Waals surface area (Å²) in [6.45, 7) is 2.99. The van der Waals surface area contributed by atoms with E-state index in [4.69, 9.17) is 16.3 Å². The molecule has 1 fully saturated rings. The van der Waals surface area contributed by atoms with Crippen LogP contribution in [-0.2, 0) is 4.74 Å². The number of hydrogen-bond acceptors (Lipinski definition) is 7. The Bertz CT molecular complexity index is 1410. The van der Waals surface area contributed by atoms with Crippen LogP contribution >= 0.6 is 11.6 Å². The highest BCUT2D eigenvalue weighted by atomic mass is 35.5. The Labute approximate surface area is 228 Å². The SMILES string of the molecule is COC[C@H](C)NC(=O)N1CC(Nc2ncc3c(n2)[C@H](c2cccc(Cl)c2F)CN(c2ncccc2F)C3=O)C1. The van der Waals surface area contributed by atoms with E-state index in [1.165, 1.54) is 30.6 Å². The average molecular weight is 558 g/mol. The van der Waals surface area contributed by atoms with Crippen LogP contribution in [0.15, 0.2) is 42.7 Å². The Morgan fingerprint density at radius 2 is 2.00 bits per heavy atom. The summed E-state index contributed by atoms with van der Waals surface area (Å²) in [5, 5.41) is 5.94. The van der Waals surface area contributed by atoms with Crippen LogP contribution in [0.25, 0.3) is 0 Å². The third-order valence-corrected chi connectivity index (χ3v) is 6.92. The van der Waals surface area contributed by atoms with Gasteiger partial charge in [-0.3, -0.25) is 9.69 Å². The molecule has 204 valence electrons. The van der Waals surface area contributed by atoms with Crippen molar-refractivity contribution in [3.05, 3.63) is 76.2 Å². The third kappa shape index (κ3) is 5.34. The van der Waals surface area contributed by atoms with E-state index in [1.807, 2.05) is 6.92 Å². The van der Waals surface area contributed by atoms with Gasteiger partial charge >= 0.3 is 6.03 Å². The molecule has 0 radical (unpaired) electrons. The van der Waals surface area contributed by atoms with Gasteiger partial charge in [0.2, 0.25) is 5.95 Å². The molecule has 2 atom stereocenters. The second-order valence-corrected chi connectivity index (χ2v) is 9.87. The van der Waals surface area contributed by atoms with Gasteiger partial charge in [-0.1, -0.05) is 23.7 Å². The second-order valence-electron chi connectivity index (χ2n) is 9.46. The highest BCUT2D eigenvalue weighted by Crippen LogP contribution is 2.37. The van der Waals surface area contributed by atoms with Gasteiger partial charge in [-0.15, -0.1) is 0 Å². The maximum absolute atomic E-state index is 15.2. The van der Waals surface area contributed by atoms with Crippen LogP contribution in [0.5, 0.6) is 0 Å². The highest BCUT2D eigenvalue weighted by Gasteiger charge is 2.38. The summed E-state index contributed by atoms with van der Waals surface area (Å²) in [6, 6.07) is 6.75. The van der Waals surface area contributed by atoms with E-state index >= 15 is 4.39 Å². The smallest absolute Gasteiger partial charge is 0.317 e. The number of carbonyl (C=O) groups excluding carboxylic acids is 2. The first-order valence-corrected chi connectivity index (χ1v) is 12.7. The Hall–Kier alpha value is -3.90. The predicted octanol–water partition coefficient (Wildman–Crippen LogP) is 3.44.